The summed E-state index contributed by atoms with van der Waals surface area (Å²) < 4.78 is 5.99. The van der Waals surface area contributed by atoms with Crippen molar-refractivity contribution in [2.24, 2.45) is 11.8 Å². The first-order chi connectivity index (χ1) is 19.7. The molecule has 41 heavy (non-hydrogen) atoms. The maximum absolute atomic E-state index is 13.7. The Balaban J connectivity index is 1.99. The smallest absolute Gasteiger partial charge is 0.329 e. The second-order valence-corrected chi connectivity index (χ2v) is 11.2. The van der Waals surface area contributed by atoms with Crippen LogP contribution in [-0.4, -0.2) is 47.9 Å². The summed E-state index contributed by atoms with van der Waals surface area (Å²) in [6.07, 6.45) is 3.06. The van der Waals surface area contributed by atoms with Gasteiger partial charge in [0.05, 0.1) is 6.42 Å². The monoisotopic (exact) mass is 563 g/mol. The van der Waals surface area contributed by atoms with Crippen LogP contribution in [0.3, 0.4) is 0 Å². The number of hydrogen-bond acceptors (Lipinski definition) is 5. The van der Waals surface area contributed by atoms with Crippen molar-refractivity contribution in [1.29, 1.82) is 0 Å². The lowest BCUT2D eigenvalue weighted by molar-refractivity contribution is -0.158. The fourth-order valence-electron chi connectivity index (χ4n) is 5.04. The number of amides is 3. The summed E-state index contributed by atoms with van der Waals surface area (Å²) >= 11 is 0. The van der Waals surface area contributed by atoms with Crippen molar-refractivity contribution < 1.29 is 23.9 Å². The van der Waals surface area contributed by atoms with Gasteiger partial charge in [0.1, 0.15) is 24.2 Å². The Morgan fingerprint density at radius 3 is 1.83 bits per heavy atom. The molecule has 0 spiro atoms. The number of unbranched alkanes of at least 4 members (excludes halogenated alkanes) is 1. The zero-order chi connectivity index (χ0) is 29.8. The van der Waals surface area contributed by atoms with Crippen LogP contribution in [0.5, 0.6) is 0 Å². The second-order valence-electron chi connectivity index (χ2n) is 11.2. The van der Waals surface area contributed by atoms with Gasteiger partial charge in [0.25, 0.3) is 0 Å². The van der Waals surface area contributed by atoms with E-state index < -0.39 is 42.0 Å². The van der Waals surface area contributed by atoms with Gasteiger partial charge in [0, 0.05) is 12.8 Å². The van der Waals surface area contributed by atoms with E-state index in [1.807, 2.05) is 81.4 Å². The molecule has 1 aliphatic rings. The number of carbonyl (C=O) groups is 4. The van der Waals surface area contributed by atoms with E-state index in [1.54, 1.807) is 0 Å². The largest absolute Gasteiger partial charge is 0.460 e. The Morgan fingerprint density at radius 2 is 1.29 bits per heavy atom. The molecule has 222 valence electrons. The Labute approximate surface area is 244 Å². The summed E-state index contributed by atoms with van der Waals surface area (Å²) in [6, 6.07) is 16.0. The van der Waals surface area contributed by atoms with E-state index >= 15 is 0 Å². The predicted octanol–water partition coefficient (Wildman–Crippen LogP) is 4.11. The molecular formula is C33H45N3O5. The molecule has 0 saturated carbocycles. The third kappa shape index (κ3) is 9.73. The number of benzene rings is 2. The van der Waals surface area contributed by atoms with Crippen molar-refractivity contribution in [3.05, 3.63) is 71.8 Å². The average molecular weight is 564 g/mol. The number of ether oxygens (including phenoxy) is 1. The van der Waals surface area contributed by atoms with E-state index in [-0.39, 0.29) is 37.0 Å². The lowest BCUT2D eigenvalue weighted by Crippen LogP contribution is -2.57. The normalized spacial score (nSPS) is 23.9. The highest BCUT2D eigenvalue weighted by Crippen LogP contribution is 2.21. The van der Waals surface area contributed by atoms with Gasteiger partial charge in [0.2, 0.25) is 17.7 Å². The van der Waals surface area contributed by atoms with Crippen LogP contribution in [0.2, 0.25) is 0 Å². The molecule has 2 aromatic carbocycles. The molecule has 2 aromatic rings. The lowest BCUT2D eigenvalue weighted by atomic mass is 9.94. The molecule has 3 amide bonds. The summed E-state index contributed by atoms with van der Waals surface area (Å²) in [6.45, 7) is 7.88. The molecular weight excluding hydrogens is 518 g/mol. The van der Waals surface area contributed by atoms with Crippen molar-refractivity contribution in [3.63, 3.8) is 0 Å². The number of esters is 1. The average Bonchev–Trinajstić information content (AvgIpc) is 2.98. The summed E-state index contributed by atoms with van der Waals surface area (Å²) in [5.74, 6) is -2.14. The molecule has 1 aliphatic heterocycles. The van der Waals surface area contributed by atoms with Crippen LogP contribution in [0, 0.1) is 11.8 Å². The van der Waals surface area contributed by atoms with Gasteiger partial charge >= 0.3 is 5.97 Å². The molecule has 8 heteroatoms. The van der Waals surface area contributed by atoms with Gasteiger partial charge < -0.3 is 20.7 Å². The summed E-state index contributed by atoms with van der Waals surface area (Å²) in [5.41, 5.74) is 1.73. The predicted molar refractivity (Wildman–Crippen MR) is 159 cm³/mol. The van der Waals surface area contributed by atoms with Gasteiger partial charge in [-0.05, 0) is 29.4 Å². The Morgan fingerprint density at radius 1 is 0.756 bits per heavy atom. The van der Waals surface area contributed by atoms with E-state index in [2.05, 4.69) is 22.9 Å². The summed E-state index contributed by atoms with van der Waals surface area (Å²) in [4.78, 5) is 54.3. The SMILES string of the molecule is CCCCC(C)C1CC(=O)N[C@@H](Cc2ccccc2)C(=O)N[C@@H](Cc2ccccc2)C(=O)N[C@H]([C@@H](C)CC)C(=O)O1. The fraction of sp³-hybridized carbons (Fsp3) is 0.515. The number of hydrogen-bond donors (Lipinski definition) is 3. The molecule has 3 N–H and O–H groups in total. The maximum Gasteiger partial charge on any atom is 0.329 e. The highest BCUT2D eigenvalue weighted by atomic mass is 16.5. The molecule has 1 fully saturated rings. The minimum absolute atomic E-state index is 0.0657. The molecule has 0 aromatic heterocycles. The highest BCUT2D eigenvalue weighted by molar-refractivity contribution is 5.94. The first-order valence-electron chi connectivity index (χ1n) is 14.9. The number of carbonyl (C=O) groups excluding carboxylic acids is 4. The van der Waals surface area contributed by atoms with Crippen LogP contribution in [0.15, 0.2) is 60.7 Å². The van der Waals surface area contributed by atoms with E-state index in [9.17, 15) is 19.2 Å². The Hall–Kier alpha value is -3.68. The summed E-state index contributed by atoms with van der Waals surface area (Å²) in [7, 11) is 0. The molecule has 3 rings (SSSR count). The van der Waals surface area contributed by atoms with E-state index in [0.717, 1.165) is 30.4 Å². The minimum atomic E-state index is -0.959. The molecule has 8 nitrogen and oxygen atoms in total. The highest BCUT2D eigenvalue weighted by Gasteiger charge is 2.36. The topological polar surface area (TPSA) is 114 Å². The van der Waals surface area contributed by atoms with Crippen molar-refractivity contribution in [2.75, 3.05) is 0 Å². The Kier molecular flexibility index (Phi) is 12.4. The molecule has 1 heterocycles. The number of rotatable bonds is 10. The minimum Gasteiger partial charge on any atom is -0.460 e. The van der Waals surface area contributed by atoms with Crippen LogP contribution < -0.4 is 16.0 Å². The van der Waals surface area contributed by atoms with Crippen molar-refractivity contribution >= 4 is 23.7 Å². The van der Waals surface area contributed by atoms with Gasteiger partial charge in [-0.25, -0.2) is 4.79 Å². The van der Waals surface area contributed by atoms with Crippen LogP contribution in [-0.2, 0) is 36.8 Å². The van der Waals surface area contributed by atoms with E-state index in [0.29, 0.717) is 6.42 Å². The Bertz CT molecular complexity index is 1140. The van der Waals surface area contributed by atoms with Crippen molar-refractivity contribution in [1.82, 2.24) is 16.0 Å². The first-order valence-corrected chi connectivity index (χ1v) is 14.9. The molecule has 0 radical (unpaired) electrons. The van der Waals surface area contributed by atoms with E-state index in [4.69, 9.17) is 4.74 Å². The summed E-state index contributed by atoms with van der Waals surface area (Å²) in [5, 5.41) is 8.65. The number of nitrogens with one attached hydrogen (secondary N) is 3. The van der Waals surface area contributed by atoms with Crippen LogP contribution >= 0.6 is 0 Å². The molecule has 1 saturated heterocycles. The van der Waals surface area contributed by atoms with Gasteiger partial charge in [-0.2, -0.15) is 0 Å². The molecule has 0 bridgehead atoms. The standard InChI is InChI=1S/C33H45N3O5/c1-5-7-14-23(4)28-21-29(37)34-26(19-24-15-10-8-11-16-24)31(38)35-27(20-25-17-12-9-13-18-25)32(39)36-30(22(3)6-2)33(40)41-28/h8-13,15-18,22-23,26-28,30H,5-7,14,19-21H2,1-4H3,(H,34,37)(H,35,38)(H,36,39)/t22-,23?,26-,27-,28?,30+/m0/s1. The second kappa shape index (κ2) is 15.9. The van der Waals surface area contributed by atoms with Gasteiger partial charge in [0.15, 0.2) is 0 Å². The zero-order valence-corrected chi connectivity index (χ0v) is 24.7. The lowest BCUT2D eigenvalue weighted by Gasteiger charge is -2.29. The van der Waals surface area contributed by atoms with Crippen molar-refractivity contribution in [3.8, 4) is 0 Å². The third-order valence-corrected chi connectivity index (χ3v) is 7.92. The quantitative estimate of drug-likeness (QED) is 0.377. The molecule has 0 aliphatic carbocycles. The van der Waals surface area contributed by atoms with Crippen LogP contribution in [0.1, 0.15) is 70.9 Å². The number of cyclic esters (lactones) is 1. The van der Waals surface area contributed by atoms with Crippen LogP contribution in [0.25, 0.3) is 0 Å². The van der Waals surface area contributed by atoms with E-state index in [1.165, 1.54) is 0 Å². The van der Waals surface area contributed by atoms with Crippen molar-refractivity contribution in [2.45, 2.75) is 96.9 Å². The fourth-order valence-corrected chi connectivity index (χ4v) is 5.04. The zero-order valence-electron chi connectivity index (χ0n) is 24.7. The molecule has 6 atom stereocenters. The first kappa shape index (κ1) is 31.8. The van der Waals surface area contributed by atoms with Gasteiger partial charge in [-0.1, -0.05) is 108 Å². The van der Waals surface area contributed by atoms with Gasteiger partial charge in [-0.15, -0.1) is 0 Å². The maximum atomic E-state index is 13.7. The molecule has 2 unspecified atom stereocenters. The van der Waals surface area contributed by atoms with Crippen LogP contribution in [0.4, 0.5) is 0 Å². The third-order valence-electron chi connectivity index (χ3n) is 7.92. The van der Waals surface area contributed by atoms with Gasteiger partial charge in [-0.3, -0.25) is 14.4 Å².